The first kappa shape index (κ1) is 22.1. The molecular formula is C23H28ClFN2OS. The van der Waals surface area contributed by atoms with E-state index >= 15 is 0 Å². The van der Waals surface area contributed by atoms with E-state index < -0.39 is 0 Å². The molecule has 29 heavy (non-hydrogen) atoms. The molecule has 2 aromatic carbocycles. The van der Waals surface area contributed by atoms with Crippen molar-refractivity contribution < 1.29 is 9.18 Å². The number of amides is 1. The monoisotopic (exact) mass is 434 g/mol. The van der Waals surface area contributed by atoms with E-state index in [0.717, 1.165) is 38.2 Å². The van der Waals surface area contributed by atoms with Crippen molar-refractivity contribution >= 4 is 29.3 Å². The first-order chi connectivity index (χ1) is 14.0. The van der Waals surface area contributed by atoms with Crippen molar-refractivity contribution in [1.82, 2.24) is 10.2 Å². The second-order valence-electron chi connectivity index (χ2n) is 7.60. The van der Waals surface area contributed by atoms with Gasteiger partial charge in [-0.15, -0.1) is 0 Å². The van der Waals surface area contributed by atoms with E-state index in [1.807, 2.05) is 0 Å². The number of benzene rings is 2. The smallest absolute Gasteiger partial charge is 0.224 e. The fourth-order valence-electron chi connectivity index (χ4n) is 3.60. The number of rotatable bonds is 8. The van der Waals surface area contributed by atoms with Gasteiger partial charge in [0, 0.05) is 41.7 Å². The number of nitrogens with one attached hydrogen (secondary N) is 1. The minimum atomic E-state index is -0.273. The van der Waals surface area contributed by atoms with E-state index in [1.54, 1.807) is 23.9 Å². The zero-order valence-electron chi connectivity index (χ0n) is 16.8. The van der Waals surface area contributed by atoms with Crippen LogP contribution >= 0.6 is 23.4 Å². The van der Waals surface area contributed by atoms with Gasteiger partial charge in [0.05, 0.1) is 5.92 Å². The fraction of sp³-hybridized carbons (Fsp3) is 0.435. The van der Waals surface area contributed by atoms with Gasteiger partial charge in [-0.1, -0.05) is 47.5 Å². The summed E-state index contributed by atoms with van der Waals surface area (Å²) in [6.07, 6.45) is 1.98. The third kappa shape index (κ3) is 6.73. The van der Waals surface area contributed by atoms with Gasteiger partial charge in [-0.25, -0.2) is 4.39 Å². The lowest BCUT2D eigenvalue weighted by molar-refractivity contribution is -0.126. The largest absolute Gasteiger partial charge is 0.355 e. The third-order valence-electron chi connectivity index (χ3n) is 5.26. The maximum Gasteiger partial charge on any atom is 0.224 e. The fourth-order valence-corrected chi connectivity index (χ4v) is 4.80. The van der Waals surface area contributed by atoms with Crippen LogP contribution in [0, 0.1) is 18.7 Å². The van der Waals surface area contributed by atoms with Gasteiger partial charge >= 0.3 is 0 Å². The summed E-state index contributed by atoms with van der Waals surface area (Å²) in [5, 5.41) is 3.50. The Morgan fingerprint density at radius 2 is 2.07 bits per heavy atom. The lowest BCUT2D eigenvalue weighted by Gasteiger charge is -2.32. The molecule has 0 bridgehead atoms. The minimum Gasteiger partial charge on any atom is -0.355 e. The van der Waals surface area contributed by atoms with Crippen LogP contribution in [0.3, 0.4) is 0 Å². The number of aryl methyl sites for hydroxylation is 1. The minimum absolute atomic E-state index is 0.0419. The number of thioether (sulfide) groups is 1. The Labute approximate surface area is 182 Å². The molecule has 0 aromatic heterocycles. The summed E-state index contributed by atoms with van der Waals surface area (Å²) in [5.74, 6) is 1.14. The third-order valence-corrected chi connectivity index (χ3v) is 6.60. The van der Waals surface area contributed by atoms with E-state index in [4.69, 9.17) is 11.6 Å². The van der Waals surface area contributed by atoms with Crippen molar-refractivity contribution in [2.45, 2.75) is 32.1 Å². The molecule has 0 radical (unpaired) electrons. The van der Waals surface area contributed by atoms with Crippen molar-refractivity contribution in [1.29, 1.82) is 0 Å². The van der Waals surface area contributed by atoms with Crippen molar-refractivity contribution in [2.24, 2.45) is 5.92 Å². The molecule has 1 N–H and O–H groups in total. The molecule has 3 nitrogen and oxygen atoms in total. The molecule has 1 atom stereocenters. The summed E-state index contributed by atoms with van der Waals surface area (Å²) < 4.78 is 13.8. The quantitative estimate of drug-likeness (QED) is 0.590. The maximum atomic E-state index is 13.8. The highest BCUT2D eigenvalue weighted by Gasteiger charge is 2.25. The highest BCUT2D eigenvalue weighted by molar-refractivity contribution is 7.98. The summed E-state index contributed by atoms with van der Waals surface area (Å²) in [6.45, 7) is 5.41. The second kappa shape index (κ2) is 11.0. The number of nitrogens with zero attached hydrogens (tertiary/aromatic N) is 1. The number of piperidine rings is 1. The normalized spacial score (nSPS) is 17.3. The molecule has 1 saturated heterocycles. The molecule has 156 valence electrons. The van der Waals surface area contributed by atoms with Gasteiger partial charge in [-0.2, -0.15) is 11.8 Å². The second-order valence-corrected chi connectivity index (χ2v) is 9.12. The Balaban J connectivity index is 1.38. The number of carbonyl (C=O) groups excluding carboxylic acids is 1. The molecule has 1 amide bonds. The molecule has 1 fully saturated rings. The van der Waals surface area contributed by atoms with Crippen LogP contribution in [-0.4, -0.2) is 36.2 Å². The molecule has 2 aromatic rings. The van der Waals surface area contributed by atoms with Gasteiger partial charge in [-0.05, 0) is 44.0 Å². The molecule has 1 aliphatic rings. The standard InChI is InChI=1S/C23H28ClFN2OS/c1-17-7-9-18(10-8-17)14-27-12-3-4-19(15-27)23(28)26-11-13-29-16-20-21(24)5-2-6-22(20)25/h2,5-10,19H,3-4,11-16H2,1H3,(H,26,28). The van der Waals surface area contributed by atoms with Gasteiger partial charge in [0.25, 0.3) is 0 Å². The molecule has 3 rings (SSSR count). The lowest BCUT2D eigenvalue weighted by Crippen LogP contribution is -2.43. The van der Waals surface area contributed by atoms with Crippen LogP contribution in [0.4, 0.5) is 4.39 Å². The Bertz CT molecular complexity index is 795. The highest BCUT2D eigenvalue weighted by atomic mass is 35.5. The van der Waals surface area contributed by atoms with Gasteiger partial charge in [0.2, 0.25) is 5.91 Å². The van der Waals surface area contributed by atoms with Crippen molar-refractivity contribution in [3.8, 4) is 0 Å². The summed E-state index contributed by atoms with van der Waals surface area (Å²) in [5.41, 5.74) is 3.09. The van der Waals surface area contributed by atoms with Crippen LogP contribution in [0.15, 0.2) is 42.5 Å². The molecule has 1 unspecified atom stereocenters. The Morgan fingerprint density at radius 3 is 2.83 bits per heavy atom. The molecule has 6 heteroatoms. The zero-order valence-corrected chi connectivity index (χ0v) is 18.4. The number of hydrogen-bond acceptors (Lipinski definition) is 3. The molecule has 1 heterocycles. The first-order valence-corrected chi connectivity index (χ1v) is 11.6. The van der Waals surface area contributed by atoms with E-state index in [1.165, 1.54) is 17.2 Å². The van der Waals surface area contributed by atoms with Crippen molar-refractivity contribution in [3.63, 3.8) is 0 Å². The van der Waals surface area contributed by atoms with Crippen molar-refractivity contribution in [3.05, 3.63) is 70.0 Å². The Morgan fingerprint density at radius 1 is 1.28 bits per heavy atom. The molecule has 0 aliphatic carbocycles. The van der Waals surface area contributed by atoms with Gasteiger partial charge in [0.15, 0.2) is 0 Å². The average molecular weight is 435 g/mol. The maximum absolute atomic E-state index is 13.8. The van der Waals surface area contributed by atoms with Crippen LogP contribution in [0.5, 0.6) is 0 Å². The van der Waals surface area contributed by atoms with Crippen LogP contribution in [0.1, 0.15) is 29.5 Å². The first-order valence-electron chi connectivity index (χ1n) is 10.1. The summed E-state index contributed by atoms with van der Waals surface area (Å²) >= 11 is 7.62. The predicted molar refractivity (Wildman–Crippen MR) is 120 cm³/mol. The van der Waals surface area contributed by atoms with Crippen LogP contribution in [0.2, 0.25) is 5.02 Å². The number of likely N-dealkylation sites (tertiary alicyclic amines) is 1. The van der Waals surface area contributed by atoms with E-state index in [0.29, 0.717) is 22.9 Å². The number of carbonyl (C=O) groups is 1. The van der Waals surface area contributed by atoms with Gasteiger partial charge in [0.1, 0.15) is 5.82 Å². The predicted octanol–water partition coefficient (Wildman–Crippen LogP) is 5.05. The summed E-state index contributed by atoms with van der Waals surface area (Å²) in [6, 6.07) is 13.3. The Hall–Kier alpha value is -1.56. The molecule has 0 spiro atoms. The Kier molecular flexibility index (Phi) is 8.40. The zero-order chi connectivity index (χ0) is 20.6. The van der Waals surface area contributed by atoms with Gasteiger partial charge < -0.3 is 5.32 Å². The number of hydrogen-bond donors (Lipinski definition) is 1. The molecule has 0 saturated carbocycles. The SMILES string of the molecule is Cc1ccc(CN2CCCC(C(=O)NCCSCc3c(F)cccc3Cl)C2)cc1. The molecular weight excluding hydrogens is 407 g/mol. The van der Waals surface area contributed by atoms with E-state index in [2.05, 4.69) is 41.4 Å². The summed E-state index contributed by atoms with van der Waals surface area (Å²) in [4.78, 5) is 14.9. The molecule has 1 aliphatic heterocycles. The lowest BCUT2D eigenvalue weighted by atomic mass is 9.96. The van der Waals surface area contributed by atoms with E-state index in [-0.39, 0.29) is 17.6 Å². The topological polar surface area (TPSA) is 32.3 Å². The van der Waals surface area contributed by atoms with Crippen LogP contribution in [-0.2, 0) is 17.1 Å². The van der Waals surface area contributed by atoms with Crippen molar-refractivity contribution in [2.75, 3.05) is 25.4 Å². The number of halogens is 2. The highest BCUT2D eigenvalue weighted by Crippen LogP contribution is 2.24. The van der Waals surface area contributed by atoms with Crippen LogP contribution < -0.4 is 5.32 Å². The summed E-state index contributed by atoms with van der Waals surface area (Å²) in [7, 11) is 0. The van der Waals surface area contributed by atoms with Gasteiger partial charge in [-0.3, -0.25) is 9.69 Å². The average Bonchev–Trinajstić information content (AvgIpc) is 2.71. The van der Waals surface area contributed by atoms with E-state index in [9.17, 15) is 9.18 Å². The van der Waals surface area contributed by atoms with Crippen LogP contribution in [0.25, 0.3) is 0 Å².